The maximum Gasteiger partial charge on any atom is 0.279 e. The monoisotopic (exact) mass is 500 g/mol. The normalized spacial score (nSPS) is 15.9. The predicted molar refractivity (Wildman–Crippen MR) is 128 cm³/mol. The Morgan fingerprint density at radius 3 is 2.41 bits per heavy atom. The van der Waals surface area contributed by atoms with Crippen LogP contribution in [0.5, 0.6) is 0 Å². The molecule has 0 aliphatic carbocycles. The van der Waals surface area contributed by atoms with E-state index in [9.17, 15) is 16.8 Å². The van der Waals surface area contributed by atoms with Crippen LogP contribution in [0, 0.1) is 0 Å². The molecule has 0 spiro atoms. The van der Waals surface area contributed by atoms with Crippen molar-refractivity contribution in [2.75, 3.05) is 32.1 Å². The Labute approximate surface area is 195 Å². The van der Waals surface area contributed by atoms with E-state index >= 15 is 0 Å². The second-order valence-electron chi connectivity index (χ2n) is 8.10. The number of rotatable bonds is 9. The smallest absolute Gasteiger partial charge is 0.279 e. The van der Waals surface area contributed by atoms with Crippen molar-refractivity contribution in [3.05, 3.63) is 58.6 Å². The number of hydrogen-bond acceptors (Lipinski definition) is 5. The summed E-state index contributed by atoms with van der Waals surface area (Å²) in [4.78, 5) is 2.05. The van der Waals surface area contributed by atoms with Gasteiger partial charge in [-0.2, -0.15) is 12.7 Å². The van der Waals surface area contributed by atoms with Crippen LogP contribution in [-0.4, -0.2) is 54.4 Å². The first-order valence-electron chi connectivity index (χ1n) is 10.3. The topological polar surface area (TPSA) is 98.8 Å². The summed E-state index contributed by atoms with van der Waals surface area (Å²) >= 11 is 6.01. The van der Waals surface area contributed by atoms with E-state index in [-0.39, 0.29) is 18.0 Å². The summed E-state index contributed by atoms with van der Waals surface area (Å²) in [6.45, 7) is 2.48. The quantitative estimate of drug-likeness (QED) is 0.550. The van der Waals surface area contributed by atoms with Gasteiger partial charge in [0.05, 0.1) is 4.90 Å². The molecule has 1 heterocycles. The van der Waals surface area contributed by atoms with Crippen molar-refractivity contribution in [1.82, 2.24) is 13.7 Å². The van der Waals surface area contributed by atoms with E-state index in [0.29, 0.717) is 24.4 Å². The second kappa shape index (κ2) is 10.1. The van der Waals surface area contributed by atoms with E-state index in [1.165, 1.54) is 4.31 Å². The Kier molecular flexibility index (Phi) is 7.85. The maximum atomic E-state index is 12.7. The summed E-state index contributed by atoms with van der Waals surface area (Å²) in [5.41, 5.74) is 2.90. The highest BCUT2D eigenvalue weighted by atomic mass is 35.5. The van der Waals surface area contributed by atoms with Gasteiger partial charge in [-0.05, 0) is 67.3 Å². The van der Waals surface area contributed by atoms with E-state index < -0.39 is 26.3 Å². The molecule has 0 bridgehead atoms. The van der Waals surface area contributed by atoms with Crippen molar-refractivity contribution in [1.29, 1.82) is 0 Å². The largest absolute Gasteiger partial charge is 0.378 e. The second-order valence-corrected chi connectivity index (χ2v) is 12.0. The Morgan fingerprint density at radius 2 is 1.75 bits per heavy atom. The minimum absolute atomic E-state index is 0.121. The molecule has 1 atom stereocenters. The van der Waals surface area contributed by atoms with Gasteiger partial charge in [0.25, 0.3) is 10.2 Å². The molecule has 0 amide bonds. The predicted octanol–water partition coefficient (Wildman–Crippen LogP) is 2.36. The number of sulfonamides is 1. The fourth-order valence-corrected chi connectivity index (χ4v) is 6.18. The molecule has 3 rings (SSSR count). The van der Waals surface area contributed by atoms with Gasteiger partial charge >= 0.3 is 0 Å². The number of anilines is 1. The molecule has 1 aliphatic heterocycles. The average molecular weight is 501 g/mol. The van der Waals surface area contributed by atoms with Gasteiger partial charge in [-0.25, -0.2) is 17.9 Å². The van der Waals surface area contributed by atoms with Crippen molar-refractivity contribution >= 4 is 37.5 Å². The van der Waals surface area contributed by atoms with Crippen LogP contribution in [-0.2, 0) is 33.2 Å². The van der Waals surface area contributed by atoms with E-state index in [1.54, 1.807) is 37.3 Å². The van der Waals surface area contributed by atoms with Gasteiger partial charge in [0.15, 0.2) is 0 Å². The highest BCUT2D eigenvalue weighted by molar-refractivity contribution is 7.89. The molecule has 0 aromatic heterocycles. The molecule has 2 aromatic rings. The summed E-state index contributed by atoms with van der Waals surface area (Å²) < 4.78 is 57.1. The Morgan fingerprint density at radius 1 is 1.06 bits per heavy atom. The van der Waals surface area contributed by atoms with Gasteiger partial charge in [-0.15, -0.1) is 0 Å². The van der Waals surface area contributed by atoms with Crippen LogP contribution in [0.1, 0.15) is 24.5 Å². The summed E-state index contributed by atoms with van der Waals surface area (Å²) in [6.07, 6.45) is 0.911. The van der Waals surface area contributed by atoms with Crippen LogP contribution in [0.3, 0.4) is 0 Å². The average Bonchev–Trinajstić information content (AvgIpc) is 2.72. The minimum atomic E-state index is -3.69. The van der Waals surface area contributed by atoms with E-state index in [1.807, 2.05) is 31.1 Å². The van der Waals surface area contributed by atoms with E-state index in [0.717, 1.165) is 16.8 Å². The fourth-order valence-electron chi connectivity index (χ4n) is 3.51. The number of halogens is 1. The lowest BCUT2D eigenvalue weighted by Gasteiger charge is -2.28. The lowest BCUT2D eigenvalue weighted by Crippen LogP contribution is -2.44. The first kappa shape index (κ1) is 24.9. The molecular weight excluding hydrogens is 472 g/mol. The number of benzene rings is 2. The fraction of sp³-hybridized carbons (Fsp3) is 0.429. The van der Waals surface area contributed by atoms with E-state index in [2.05, 4.69) is 9.44 Å². The molecule has 0 saturated heterocycles. The third kappa shape index (κ3) is 6.21. The maximum absolute atomic E-state index is 12.7. The van der Waals surface area contributed by atoms with Crippen LogP contribution < -0.4 is 14.3 Å². The van der Waals surface area contributed by atoms with Crippen molar-refractivity contribution in [3.8, 4) is 0 Å². The molecule has 0 fully saturated rings. The lowest BCUT2D eigenvalue weighted by atomic mass is 10.0. The Hall–Kier alpha value is -1.69. The highest BCUT2D eigenvalue weighted by Gasteiger charge is 2.26. The van der Waals surface area contributed by atoms with Crippen LogP contribution in [0.4, 0.5) is 5.69 Å². The highest BCUT2D eigenvalue weighted by Crippen LogP contribution is 2.24. The van der Waals surface area contributed by atoms with Gasteiger partial charge in [0, 0.05) is 50.5 Å². The third-order valence-corrected chi connectivity index (χ3v) is 8.77. The van der Waals surface area contributed by atoms with Crippen LogP contribution in [0.2, 0.25) is 5.02 Å². The first-order valence-corrected chi connectivity index (χ1v) is 13.6. The molecule has 0 radical (unpaired) electrons. The number of nitrogens with one attached hydrogen (secondary N) is 2. The van der Waals surface area contributed by atoms with Gasteiger partial charge in [-0.3, -0.25) is 0 Å². The summed E-state index contributed by atoms with van der Waals surface area (Å²) in [6, 6.07) is 11.6. The van der Waals surface area contributed by atoms with Crippen molar-refractivity contribution in [2.24, 2.45) is 0 Å². The van der Waals surface area contributed by atoms with Crippen molar-refractivity contribution in [2.45, 2.75) is 37.2 Å². The first-order chi connectivity index (χ1) is 15.0. The van der Waals surface area contributed by atoms with Crippen molar-refractivity contribution in [3.63, 3.8) is 0 Å². The molecule has 2 aromatic carbocycles. The van der Waals surface area contributed by atoms with Gasteiger partial charge in [0.2, 0.25) is 10.0 Å². The zero-order valence-electron chi connectivity index (χ0n) is 18.4. The number of nitrogens with zero attached hydrogens (tertiary/aromatic N) is 2. The standard InChI is InChI=1S/C21H29ClN4O4S2/c1-16(24-31(27,28)21-8-6-20(7-9-21)25(2)3)10-12-23-32(29,30)26-13-11-17-14-19(22)5-4-18(17)15-26/h4-9,14,16,23-24H,10-13,15H2,1-3H3/t16-/m1/s1. The molecule has 176 valence electrons. The molecule has 0 unspecified atom stereocenters. The summed E-state index contributed by atoms with van der Waals surface area (Å²) in [7, 11) is -3.61. The molecule has 32 heavy (non-hydrogen) atoms. The number of hydrogen-bond donors (Lipinski definition) is 2. The van der Waals surface area contributed by atoms with Gasteiger partial charge in [-0.1, -0.05) is 17.7 Å². The SMILES string of the molecule is C[C@H](CCNS(=O)(=O)N1CCc2cc(Cl)ccc2C1)NS(=O)(=O)c1ccc(N(C)C)cc1. The Balaban J connectivity index is 1.52. The van der Waals surface area contributed by atoms with Crippen LogP contribution >= 0.6 is 11.6 Å². The van der Waals surface area contributed by atoms with E-state index in [4.69, 9.17) is 11.6 Å². The van der Waals surface area contributed by atoms with Gasteiger partial charge < -0.3 is 4.90 Å². The van der Waals surface area contributed by atoms with Gasteiger partial charge in [0.1, 0.15) is 0 Å². The van der Waals surface area contributed by atoms with Crippen molar-refractivity contribution < 1.29 is 16.8 Å². The molecule has 8 nitrogen and oxygen atoms in total. The molecule has 11 heteroatoms. The van der Waals surface area contributed by atoms with Crippen LogP contribution in [0.15, 0.2) is 47.4 Å². The van der Waals surface area contributed by atoms with Crippen LogP contribution in [0.25, 0.3) is 0 Å². The number of fused-ring (bicyclic) bond motifs is 1. The summed E-state index contributed by atoms with van der Waals surface area (Å²) in [5.74, 6) is 0. The minimum Gasteiger partial charge on any atom is -0.378 e. The third-order valence-electron chi connectivity index (χ3n) is 5.37. The lowest BCUT2D eigenvalue weighted by molar-refractivity contribution is 0.383. The molecule has 0 saturated carbocycles. The zero-order valence-corrected chi connectivity index (χ0v) is 20.8. The molecule has 1 aliphatic rings. The molecule has 2 N–H and O–H groups in total. The Bertz CT molecular complexity index is 1150. The zero-order chi connectivity index (χ0) is 23.5. The molecular formula is C21H29ClN4O4S2. The summed E-state index contributed by atoms with van der Waals surface area (Å²) in [5, 5.41) is 0.642.